The Kier molecular flexibility index (Phi) is 3.20. The molecule has 0 amide bonds. The van der Waals surface area contributed by atoms with Crippen LogP contribution in [0.5, 0.6) is 0 Å². The van der Waals surface area contributed by atoms with Gasteiger partial charge in [-0.3, -0.25) is 4.79 Å². The molecule has 0 unspecified atom stereocenters. The molecule has 20 heavy (non-hydrogen) atoms. The van der Waals surface area contributed by atoms with Crippen molar-refractivity contribution in [2.75, 3.05) is 7.11 Å². The maximum absolute atomic E-state index is 12.5. The van der Waals surface area contributed by atoms with Gasteiger partial charge in [-0.15, -0.1) is 4.73 Å². The molecule has 0 bridgehead atoms. The first-order valence-corrected chi connectivity index (χ1v) is 6.54. The zero-order valence-electron chi connectivity index (χ0n) is 10.8. The van der Waals surface area contributed by atoms with Crippen LogP contribution in [-0.2, 0) is 0 Å². The van der Waals surface area contributed by atoms with Crippen molar-refractivity contribution in [1.29, 1.82) is 0 Å². The molecular weight excluding hydrogens is 274 g/mol. The van der Waals surface area contributed by atoms with Crippen LogP contribution < -0.4 is 10.4 Å². The number of aromatic nitrogens is 1. The van der Waals surface area contributed by atoms with E-state index < -0.39 is 0 Å². The molecule has 0 spiro atoms. The van der Waals surface area contributed by atoms with E-state index in [-0.39, 0.29) is 5.56 Å². The van der Waals surface area contributed by atoms with Crippen LogP contribution in [-0.4, -0.2) is 11.8 Å². The molecule has 0 fully saturated rings. The minimum absolute atomic E-state index is 0.194. The predicted octanol–water partition coefficient (Wildman–Crippen LogP) is 3.38. The average molecular weight is 286 g/mol. The summed E-state index contributed by atoms with van der Waals surface area (Å²) in [5, 5.41) is 1.98. The van der Waals surface area contributed by atoms with Crippen molar-refractivity contribution in [1.82, 2.24) is 4.73 Å². The summed E-state index contributed by atoms with van der Waals surface area (Å²) in [6.07, 6.45) is 0. The van der Waals surface area contributed by atoms with E-state index in [0.717, 1.165) is 10.9 Å². The molecular formula is C16H12ClNO2. The van der Waals surface area contributed by atoms with Crippen LogP contribution in [0.25, 0.3) is 22.0 Å². The van der Waals surface area contributed by atoms with Gasteiger partial charge in [0.1, 0.15) is 7.11 Å². The zero-order valence-corrected chi connectivity index (χ0v) is 11.6. The molecule has 0 saturated carbocycles. The van der Waals surface area contributed by atoms with E-state index in [1.165, 1.54) is 11.8 Å². The normalized spacial score (nSPS) is 10.7. The Balaban J connectivity index is 2.39. The second kappa shape index (κ2) is 5.02. The van der Waals surface area contributed by atoms with Gasteiger partial charge < -0.3 is 4.84 Å². The Bertz CT molecular complexity index is 825. The third-order valence-electron chi connectivity index (χ3n) is 3.19. The fourth-order valence-electron chi connectivity index (χ4n) is 2.26. The molecule has 0 aliphatic heterocycles. The van der Waals surface area contributed by atoms with E-state index in [4.69, 9.17) is 16.4 Å². The Morgan fingerprint density at radius 1 is 1.05 bits per heavy atom. The monoisotopic (exact) mass is 285 g/mol. The molecule has 0 aliphatic rings. The van der Waals surface area contributed by atoms with Crippen molar-refractivity contribution < 1.29 is 4.84 Å². The average Bonchev–Trinajstić information content (AvgIpc) is 2.47. The number of rotatable bonds is 2. The highest BCUT2D eigenvalue weighted by molar-refractivity contribution is 6.31. The molecule has 1 heterocycles. The predicted molar refractivity (Wildman–Crippen MR) is 81.2 cm³/mol. The van der Waals surface area contributed by atoms with Gasteiger partial charge in [-0.05, 0) is 29.7 Å². The molecule has 2 aromatic carbocycles. The van der Waals surface area contributed by atoms with Crippen LogP contribution in [0.4, 0.5) is 0 Å². The third-order valence-corrected chi connectivity index (χ3v) is 3.43. The first-order valence-electron chi connectivity index (χ1n) is 6.16. The number of fused-ring (bicyclic) bond motifs is 1. The molecule has 0 aliphatic carbocycles. The summed E-state index contributed by atoms with van der Waals surface area (Å²) in [7, 11) is 1.48. The Hall–Kier alpha value is -2.26. The quantitative estimate of drug-likeness (QED) is 0.723. The first-order chi connectivity index (χ1) is 9.70. The third kappa shape index (κ3) is 2.06. The van der Waals surface area contributed by atoms with Crippen LogP contribution in [0, 0.1) is 0 Å². The molecule has 0 atom stereocenters. The maximum Gasteiger partial charge on any atom is 0.291 e. The summed E-state index contributed by atoms with van der Waals surface area (Å²) in [4.78, 5) is 17.7. The molecule has 4 heteroatoms. The van der Waals surface area contributed by atoms with Crippen molar-refractivity contribution >= 4 is 22.4 Å². The zero-order chi connectivity index (χ0) is 14.1. The second-order valence-corrected chi connectivity index (χ2v) is 4.85. The highest BCUT2D eigenvalue weighted by atomic mass is 35.5. The molecule has 0 saturated heterocycles. The summed E-state index contributed by atoms with van der Waals surface area (Å²) in [5.74, 6) is 0. The fourth-order valence-corrected chi connectivity index (χ4v) is 2.44. The van der Waals surface area contributed by atoms with Crippen molar-refractivity contribution in [2.45, 2.75) is 0 Å². The number of benzene rings is 2. The topological polar surface area (TPSA) is 31.2 Å². The summed E-state index contributed by atoms with van der Waals surface area (Å²) in [6.45, 7) is 0. The Morgan fingerprint density at radius 3 is 2.50 bits per heavy atom. The van der Waals surface area contributed by atoms with Gasteiger partial charge >= 0.3 is 0 Å². The highest BCUT2D eigenvalue weighted by Gasteiger charge is 2.11. The van der Waals surface area contributed by atoms with Crippen LogP contribution >= 0.6 is 11.6 Å². The van der Waals surface area contributed by atoms with Gasteiger partial charge in [0.15, 0.2) is 0 Å². The standard InChI is InChI=1S/C16H12ClNO2/c1-20-18-15(11-5-3-2-4-6-11)10-12-9-13(17)7-8-14(12)16(18)19/h2-10H,1H3. The van der Waals surface area contributed by atoms with Crippen molar-refractivity contribution in [2.24, 2.45) is 0 Å². The highest BCUT2D eigenvalue weighted by Crippen LogP contribution is 2.23. The first kappa shape index (κ1) is 12.8. The lowest BCUT2D eigenvalue weighted by atomic mass is 10.1. The lowest BCUT2D eigenvalue weighted by Gasteiger charge is -2.12. The second-order valence-electron chi connectivity index (χ2n) is 4.41. The maximum atomic E-state index is 12.5. The summed E-state index contributed by atoms with van der Waals surface area (Å²) < 4.78 is 1.30. The molecule has 3 rings (SSSR count). The lowest BCUT2D eigenvalue weighted by Crippen LogP contribution is -2.26. The molecule has 0 radical (unpaired) electrons. The van der Waals surface area contributed by atoms with E-state index in [0.29, 0.717) is 16.1 Å². The van der Waals surface area contributed by atoms with E-state index in [2.05, 4.69) is 0 Å². The minimum Gasteiger partial charge on any atom is -0.413 e. The summed E-state index contributed by atoms with van der Waals surface area (Å²) >= 11 is 6.00. The summed E-state index contributed by atoms with van der Waals surface area (Å²) in [5.41, 5.74) is 1.42. The number of nitrogens with zero attached hydrogens (tertiary/aromatic N) is 1. The smallest absolute Gasteiger partial charge is 0.291 e. The van der Waals surface area contributed by atoms with Crippen molar-refractivity contribution in [3.8, 4) is 11.3 Å². The van der Waals surface area contributed by atoms with Gasteiger partial charge in [0.2, 0.25) is 0 Å². The van der Waals surface area contributed by atoms with E-state index >= 15 is 0 Å². The number of hydrogen-bond donors (Lipinski definition) is 0. The van der Waals surface area contributed by atoms with Crippen LogP contribution in [0.3, 0.4) is 0 Å². The molecule has 3 aromatic rings. The fraction of sp³-hybridized carbons (Fsp3) is 0.0625. The van der Waals surface area contributed by atoms with Gasteiger partial charge in [-0.2, -0.15) is 0 Å². The van der Waals surface area contributed by atoms with E-state index in [1.54, 1.807) is 18.2 Å². The van der Waals surface area contributed by atoms with Gasteiger partial charge in [0, 0.05) is 10.6 Å². The van der Waals surface area contributed by atoms with Crippen molar-refractivity contribution in [3.05, 3.63) is 70.0 Å². The SMILES string of the molecule is COn1c(-c2ccccc2)cc2cc(Cl)ccc2c1=O. The van der Waals surface area contributed by atoms with Crippen LogP contribution in [0.2, 0.25) is 5.02 Å². The Morgan fingerprint density at radius 2 is 1.80 bits per heavy atom. The minimum atomic E-state index is -0.194. The van der Waals surface area contributed by atoms with Gasteiger partial charge in [-0.25, -0.2) is 0 Å². The van der Waals surface area contributed by atoms with Crippen molar-refractivity contribution in [3.63, 3.8) is 0 Å². The number of hydrogen-bond acceptors (Lipinski definition) is 2. The van der Waals surface area contributed by atoms with Gasteiger partial charge in [-0.1, -0.05) is 41.9 Å². The number of halogens is 1. The molecule has 3 nitrogen and oxygen atoms in total. The number of pyridine rings is 1. The van der Waals surface area contributed by atoms with Gasteiger partial charge in [0.05, 0.1) is 11.1 Å². The van der Waals surface area contributed by atoms with Crippen LogP contribution in [0.15, 0.2) is 59.4 Å². The van der Waals surface area contributed by atoms with E-state index in [9.17, 15) is 4.79 Å². The molecule has 0 N–H and O–H groups in total. The van der Waals surface area contributed by atoms with Crippen LogP contribution in [0.1, 0.15) is 0 Å². The summed E-state index contributed by atoms with van der Waals surface area (Å²) in [6, 6.07) is 16.7. The van der Waals surface area contributed by atoms with E-state index in [1.807, 2.05) is 36.4 Å². The van der Waals surface area contributed by atoms with Gasteiger partial charge in [0.25, 0.3) is 5.56 Å². The Labute approximate surface area is 120 Å². The molecule has 100 valence electrons. The largest absolute Gasteiger partial charge is 0.413 e. The lowest BCUT2D eigenvalue weighted by molar-refractivity contribution is 0.163. The molecule has 1 aromatic heterocycles.